The fourth-order valence-electron chi connectivity index (χ4n) is 1.55. The van der Waals surface area contributed by atoms with Gasteiger partial charge < -0.3 is 0 Å². The topological polar surface area (TPSA) is 38.7 Å². The monoisotopic (exact) mass is 243 g/mol. The molecule has 1 aromatic carbocycles. The molecule has 1 unspecified atom stereocenters. The van der Waals surface area contributed by atoms with Crippen molar-refractivity contribution in [3.05, 3.63) is 35.9 Å². The van der Waals surface area contributed by atoms with E-state index in [1.54, 1.807) is 0 Å². The van der Waals surface area contributed by atoms with Crippen LogP contribution >= 0.6 is 7.94 Å². The Balaban J connectivity index is 2.86. The Kier molecular flexibility index (Phi) is 5.36. The van der Waals surface area contributed by atoms with Gasteiger partial charge in [-0.1, -0.05) is 30.3 Å². The van der Waals surface area contributed by atoms with E-state index in [2.05, 4.69) is 0 Å². The second-order valence-corrected chi connectivity index (χ2v) is 5.91. The third-order valence-electron chi connectivity index (χ3n) is 2.40. The average molecular weight is 243 g/mol. The van der Waals surface area contributed by atoms with E-state index in [0.717, 1.165) is 5.56 Å². The number of rotatable bonds is 6. The van der Waals surface area contributed by atoms with E-state index in [-0.39, 0.29) is 5.66 Å². The summed E-state index contributed by atoms with van der Waals surface area (Å²) in [5, 5.41) is 0. The zero-order chi connectivity index (χ0) is 12.0. The lowest BCUT2D eigenvalue weighted by Crippen LogP contribution is -2.09. The molecule has 0 fully saturated rings. The second kappa shape index (κ2) is 6.31. The standard InChI is InChI=1S/C12H20O3P/c1-4-14-16(13,15-5-2)11(3)12-9-7-6-8-10-12/h6-11,13H,4-5H2,1-3H3/q+1. The van der Waals surface area contributed by atoms with Crippen molar-refractivity contribution < 1.29 is 13.9 Å². The van der Waals surface area contributed by atoms with Gasteiger partial charge in [-0.25, -0.2) is 0 Å². The van der Waals surface area contributed by atoms with E-state index in [1.807, 2.05) is 51.1 Å². The normalized spacial score (nSPS) is 13.8. The maximum absolute atomic E-state index is 10.4. The van der Waals surface area contributed by atoms with Crippen LogP contribution in [0.3, 0.4) is 0 Å². The lowest BCUT2D eigenvalue weighted by atomic mass is 10.2. The molecule has 1 N–H and O–H groups in total. The van der Waals surface area contributed by atoms with E-state index in [9.17, 15) is 4.89 Å². The fourth-order valence-corrected chi connectivity index (χ4v) is 3.36. The molecule has 0 amide bonds. The lowest BCUT2D eigenvalue weighted by molar-refractivity contribution is 0.182. The van der Waals surface area contributed by atoms with Gasteiger partial charge >= 0.3 is 7.94 Å². The van der Waals surface area contributed by atoms with Crippen LogP contribution in [-0.2, 0) is 9.05 Å². The molecule has 16 heavy (non-hydrogen) atoms. The highest BCUT2D eigenvalue weighted by atomic mass is 31.2. The average Bonchev–Trinajstić information content (AvgIpc) is 2.30. The molecular formula is C12H20O3P+. The summed E-state index contributed by atoms with van der Waals surface area (Å²) < 4.78 is 10.9. The molecule has 0 bridgehead atoms. The summed E-state index contributed by atoms with van der Waals surface area (Å²) in [5.74, 6) is 0. The molecule has 0 saturated heterocycles. The van der Waals surface area contributed by atoms with Gasteiger partial charge in [-0.05, 0) is 26.3 Å². The number of hydrogen-bond acceptors (Lipinski definition) is 3. The van der Waals surface area contributed by atoms with Gasteiger partial charge in [0.15, 0.2) is 5.66 Å². The van der Waals surface area contributed by atoms with E-state index < -0.39 is 7.94 Å². The minimum atomic E-state index is -2.78. The van der Waals surface area contributed by atoms with Crippen LogP contribution in [0.2, 0.25) is 0 Å². The predicted octanol–water partition coefficient (Wildman–Crippen LogP) is 3.58. The van der Waals surface area contributed by atoms with E-state index in [0.29, 0.717) is 13.2 Å². The van der Waals surface area contributed by atoms with Gasteiger partial charge in [-0.3, -0.25) is 0 Å². The van der Waals surface area contributed by atoms with Gasteiger partial charge in [0.05, 0.1) is 13.2 Å². The third kappa shape index (κ3) is 3.26. The van der Waals surface area contributed by atoms with Crippen LogP contribution in [0.5, 0.6) is 0 Å². The highest BCUT2D eigenvalue weighted by Gasteiger charge is 2.47. The summed E-state index contributed by atoms with van der Waals surface area (Å²) >= 11 is 0. The van der Waals surface area contributed by atoms with Crippen molar-refractivity contribution in [3.8, 4) is 0 Å². The van der Waals surface area contributed by atoms with Crippen molar-refractivity contribution in [2.75, 3.05) is 13.2 Å². The van der Waals surface area contributed by atoms with Gasteiger partial charge in [0, 0.05) is 0 Å². The molecule has 0 aliphatic carbocycles. The lowest BCUT2D eigenvalue weighted by Gasteiger charge is -2.22. The minimum absolute atomic E-state index is 0.117. The second-order valence-electron chi connectivity index (χ2n) is 3.49. The maximum Gasteiger partial charge on any atom is 0.416 e. The van der Waals surface area contributed by atoms with E-state index >= 15 is 0 Å². The molecule has 1 atom stereocenters. The quantitative estimate of drug-likeness (QED) is 0.776. The van der Waals surface area contributed by atoms with Crippen LogP contribution in [0.4, 0.5) is 0 Å². The first-order valence-electron chi connectivity index (χ1n) is 5.59. The number of hydrogen-bond donors (Lipinski definition) is 1. The highest BCUT2D eigenvalue weighted by molar-refractivity contribution is 7.60. The Bertz CT molecular complexity index is 296. The zero-order valence-corrected chi connectivity index (χ0v) is 11.0. The summed E-state index contributed by atoms with van der Waals surface area (Å²) in [5.41, 5.74) is 0.925. The smallest absolute Gasteiger partial charge is 0.192 e. The Morgan fingerprint density at radius 1 is 1.12 bits per heavy atom. The molecule has 0 aliphatic rings. The molecule has 90 valence electrons. The van der Waals surface area contributed by atoms with Gasteiger partial charge in [0.1, 0.15) is 0 Å². The fraction of sp³-hybridized carbons (Fsp3) is 0.500. The predicted molar refractivity (Wildman–Crippen MR) is 67.2 cm³/mol. The number of benzene rings is 1. The molecular weight excluding hydrogens is 223 g/mol. The third-order valence-corrected chi connectivity index (χ3v) is 4.93. The largest absolute Gasteiger partial charge is 0.416 e. The summed E-state index contributed by atoms with van der Waals surface area (Å²) in [6, 6.07) is 9.82. The van der Waals surface area contributed by atoms with Gasteiger partial charge in [-0.2, -0.15) is 13.9 Å². The SMILES string of the molecule is CCO[P+](O)(OCC)C(C)c1ccccc1. The molecule has 0 spiro atoms. The Morgan fingerprint density at radius 3 is 2.06 bits per heavy atom. The molecule has 4 heteroatoms. The summed E-state index contributed by atoms with van der Waals surface area (Å²) in [6.45, 7) is 6.58. The molecule has 0 radical (unpaired) electrons. The minimum Gasteiger partial charge on any atom is -0.192 e. The Hall–Kier alpha value is -0.470. The molecule has 0 saturated carbocycles. The van der Waals surface area contributed by atoms with E-state index in [1.165, 1.54) is 0 Å². The summed E-state index contributed by atoms with van der Waals surface area (Å²) in [4.78, 5) is 10.4. The Labute approximate surface area is 98.0 Å². The Morgan fingerprint density at radius 2 is 1.62 bits per heavy atom. The van der Waals surface area contributed by atoms with Crippen LogP contribution in [-0.4, -0.2) is 18.1 Å². The van der Waals surface area contributed by atoms with Crippen molar-refractivity contribution in [1.29, 1.82) is 0 Å². The molecule has 1 rings (SSSR count). The van der Waals surface area contributed by atoms with Crippen LogP contribution in [0.25, 0.3) is 0 Å². The van der Waals surface area contributed by atoms with Gasteiger partial charge in [-0.15, -0.1) is 0 Å². The van der Waals surface area contributed by atoms with E-state index in [4.69, 9.17) is 9.05 Å². The van der Waals surface area contributed by atoms with Gasteiger partial charge in [0.25, 0.3) is 0 Å². The first-order valence-corrected chi connectivity index (χ1v) is 7.24. The van der Waals surface area contributed by atoms with Crippen LogP contribution in [0, 0.1) is 0 Å². The van der Waals surface area contributed by atoms with Crippen molar-refractivity contribution in [2.24, 2.45) is 0 Å². The first-order chi connectivity index (χ1) is 7.64. The van der Waals surface area contributed by atoms with Crippen LogP contribution in [0.1, 0.15) is 32.0 Å². The molecule has 1 aromatic rings. The molecule has 0 aliphatic heterocycles. The highest BCUT2D eigenvalue weighted by Crippen LogP contribution is 2.67. The zero-order valence-electron chi connectivity index (χ0n) is 10.1. The molecule has 0 aromatic heterocycles. The summed E-state index contributed by atoms with van der Waals surface area (Å²) in [6.07, 6.45) is 0. The summed E-state index contributed by atoms with van der Waals surface area (Å²) in [7, 11) is -2.78. The van der Waals surface area contributed by atoms with Crippen LogP contribution < -0.4 is 0 Å². The van der Waals surface area contributed by atoms with Crippen molar-refractivity contribution >= 4 is 7.94 Å². The first kappa shape index (κ1) is 13.6. The van der Waals surface area contributed by atoms with Crippen molar-refractivity contribution in [1.82, 2.24) is 0 Å². The maximum atomic E-state index is 10.4. The van der Waals surface area contributed by atoms with Gasteiger partial charge in [0.2, 0.25) is 0 Å². The van der Waals surface area contributed by atoms with Crippen LogP contribution in [0.15, 0.2) is 30.3 Å². The molecule has 3 nitrogen and oxygen atoms in total. The van der Waals surface area contributed by atoms with Crippen molar-refractivity contribution in [3.63, 3.8) is 0 Å². The molecule has 0 heterocycles. The van der Waals surface area contributed by atoms with Crippen molar-refractivity contribution in [2.45, 2.75) is 26.4 Å².